The van der Waals surface area contributed by atoms with Gasteiger partial charge in [-0.05, 0) is 31.4 Å². The van der Waals surface area contributed by atoms with E-state index >= 15 is 0 Å². The van der Waals surface area contributed by atoms with E-state index in [0.29, 0.717) is 13.0 Å². The van der Waals surface area contributed by atoms with Gasteiger partial charge in [0.25, 0.3) is 0 Å². The summed E-state index contributed by atoms with van der Waals surface area (Å²) in [5.74, 6) is 0.250. The molecule has 1 spiro atoms. The molecule has 2 aliphatic heterocycles. The predicted octanol–water partition coefficient (Wildman–Crippen LogP) is 2.17. The summed E-state index contributed by atoms with van der Waals surface area (Å²) >= 11 is 0. The second kappa shape index (κ2) is 5.09. The van der Waals surface area contributed by atoms with Crippen LogP contribution in [0.2, 0.25) is 0 Å². The highest BCUT2D eigenvalue weighted by Gasteiger charge is 2.41. The molecule has 0 aliphatic carbocycles. The number of imidazole rings is 1. The summed E-state index contributed by atoms with van der Waals surface area (Å²) in [5.41, 5.74) is 3.38. The number of carbonyl (C=O) groups is 1. The number of piperidine rings is 1. The van der Waals surface area contributed by atoms with Crippen LogP contribution in [0.15, 0.2) is 24.5 Å². The molecule has 0 bridgehead atoms. The molecule has 2 aliphatic rings. The van der Waals surface area contributed by atoms with Crippen molar-refractivity contribution in [1.82, 2.24) is 14.3 Å². The molecule has 0 radical (unpaired) electrons. The second-order valence-electron chi connectivity index (χ2n) is 6.69. The largest absolute Gasteiger partial charge is 0.381 e. The van der Waals surface area contributed by atoms with Gasteiger partial charge >= 0.3 is 0 Å². The smallest absolute Gasteiger partial charge is 0.222 e. The first kappa shape index (κ1) is 13.8. The number of fused-ring (bicyclic) bond motifs is 1. The maximum absolute atomic E-state index is 12.3. The number of amides is 1. The number of carbonyl (C=O) groups excluding carboxylic acids is 1. The lowest BCUT2D eigenvalue weighted by Gasteiger charge is -2.39. The van der Waals surface area contributed by atoms with E-state index in [4.69, 9.17) is 4.74 Å². The van der Waals surface area contributed by atoms with Gasteiger partial charge in [0.1, 0.15) is 5.65 Å². The number of hydrogen-bond donors (Lipinski definition) is 0. The van der Waals surface area contributed by atoms with Crippen LogP contribution in [0.25, 0.3) is 5.65 Å². The van der Waals surface area contributed by atoms with E-state index in [2.05, 4.69) is 22.4 Å². The van der Waals surface area contributed by atoms with Crippen LogP contribution in [-0.2, 0) is 16.1 Å². The van der Waals surface area contributed by atoms with Crippen LogP contribution < -0.4 is 0 Å². The lowest BCUT2D eigenvalue weighted by Crippen LogP contribution is -2.46. The van der Waals surface area contributed by atoms with Crippen molar-refractivity contribution >= 4 is 11.6 Å². The van der Waals surface area contributed by atoms with Gasteiger partial charge in [0.15, 0.2) is 0 Å². The molecular weight excluding hydrogens is 278 g/mol. The summed E-state index contributed by atoms with van der Waals surface area (Å²) < 4.78 is 7.68. The number of ether oxygens (including phenoxy) is 1. The quantitative estimate of drug-likeness (QED) is 0.854. The Morgan fingerprint density at radius 3 is 3.14 bits per heavy atom. The molecule has 2 aromatic rings. The van der Waals surface area contributed by atoms with E-state index in [9.17, 15) is 4.79 Å². The molecule has 1 atom stereocenters. The van der Waals surface area contributed by atoms with Crippen LogP contribution in [0.1, 0.15) is 30.5 Å². The number of aromatic nitrogens is 2. The van der Waals surface area contributed by atoms with Gasteiger partial charge in [-0.25, -0.2) is 4.98 Å². The zero-order valence-electron chi connectivity index (χ0n) is 12.9. The standard InChI is InChI=1S/C17H21N3O2/c1-13-3-2-7-20-14(9-18-16(13)20)10-19-11-17(5-4-15(19)21)6-8-22-12-17/h2-3,7,9H,4-6,8,10-12H2,1H3. The second-order valence-corrected chi connectivity index (χ2v) is 6.69. The van der Waals surface area contributed by atoms with Gasteiger partial charge in [0.2, 0.25) is 5.91 Å². The molecule has 2 fully saturated rings. The van der Waals surface area contributed by atoms with E-state index in [-0.39, 0.29) is 11.3 Å². The summed E-state index contributed by atoms with van der Waals surface area (Å²) in [4.78, 5) is 18.8. The van der Waals surface area contributed by atoms with E-state index in [0.717, 1.165) is 49.5 Å². The molecule has 5 nitrogen and oxygen atoms in total. The fourth-order valence-corrected chi connectivity index (χ4v) is 3.73. The van der Waals surface area contributed by atoms with Crippen molar-refractivity contribution in [1.29, 1.82) is 0 Å². The van der Waals surface area contributed by atoms with Crippen molar-refractivity contribution in [3.63, 3.8) is 0 Å². The molecule has 2 aromatic heterocycles. The first-order chi connectivity index (χ1) is 10.7. The van der Waals surface area contributed by atoms with Crippen molar-refractivity contribution in [2.45, 2.75) is 32.7 Å². The van der Waals surface area contributed by atoms with Crippen LogP contribution in [0.3, 0.4) is 0 Å². The number of rotatable bonds is 2. The van der Waals surface area contributed by atoms with Crippen LogP contribution in [-0.4, -0.2) is 40.0 Å². The molecule has 22 heavy (non-hydrogen) atoms. The Morgan fingerprint density at radius 1 is 1.41 bits per heavy atom. The van der Waals surface area contributed by atoms with Crippen LogP contribution >= 0.6 is 0 Å². The van der Waals surface area contributed by atoms with Gasteiger partial charge in [-0.2, -0.15) is 0 Å². The Hall–Kier alpha value is -1.88. The minimum absolute atomic E-state index is 0.185. The summed E-state index contributed by atoms with van der Waals surface area (Å²) in [7, 11) is 0. The third-order valence-corrected chi connectivity index (χ3v) is 5.09. The van der Waals surface area contributed by atoms with Crippen molar-refractivity contribution in [2.24, 2.45) is 5.41 Å². The van der Waals surface area contributed by atoms with Gasteiger partial charge in [-0.15, -0.1) is 0 Å². The topological polar surface area (TPSA) is 46.8 Å². The van der Waals surface area contributed by atoms with Crippen molar-refractivity contribution in [2.75, 3.05) is 19.8 Å². The number of hydrogen-bond acceptors (Lipinski definition) is 3. The average molecular weight is 299 g/mol. The highest BCUT2D eigenvalue weighted by atomic mass is 16.5. The molecule has 5 heteroatoms. The average Bonchev–Trinajstić information content (AvgIpc) is 3.12. The minimum Gasteiger partial charge on any atom is -0.381 e. The molecule has 0 N–H and O–H groups in total. The van der Waals surface area contributed by atoms with Gasteiger partial charge in [-0.1, -0.05) is 6.07 Å². The minimum atomic E-state index is 0.185. The van der Waals surface area contributed by atoms with Crippen LogP contribution in [0.5, 0.6) is 0 Å². The molecule has 1 unspecified atom stereocenters. The Balaban J connectivity index is 1.60. The normalized spacial score (nSPS) is 25.5. The molecule has 0 aromatic carbocycles. The first-order valence-electron chi connectivity index (χ1n) is 7.94. The van der Waals surface area contributed by atoms with E-state index in [1.54, 1.807) is 0 Å². The summed E-state index contributed by atoms with van der Waals surface area (Å²) in [5, 5.41) is 0. The maximum Gasteiger partial charge on any atom is 0.222 e. The van der Waals surface area contributed by atoms with Crippen molar-refractivity contribution < 1.29 is 9.53 Å². The molecule has 0 saturated carbocycles. The van der Waals surface area contributed by atoms with Gasteiger partial charge in [0.05, 0.1) is 25.0 Å². The summed E-state index contributed by atoms with van der Waals surface area (Å²) in [6, 6.07) is 4.08. The SMILES string of the molecule is Cc1cccn2c(CN3CC4(CCOC4)CCC3=O)cnc12. The number of aryl methyl sites for hydroxylation is 1. The third kappa shape index (κ3) is 2.20. The monoisotopic (exact) mass is 299 g/mol. The summed E-state index contributed by atoms with van der Waals surface area (Å²) in [6.45, 7) is 5.12. The van der Waals surface area contributed by atoms with Crippen LogP contribution in [0, 0.1) is 12.3 Å². The number of pyridine rings is 1. The molecular formula is C17H21N3O2. The molecule has 116 valence electrons. The lowest BCUT2D eigenvalue weighted by molar-refractivity contribution is -0.138. The molecule has 2 saturated heterocycles. The zero-order valence-corrected chi connectivity index (χ0v) is 12.9. The fourth-order valence-electron chi connectivity index (χ4n) is 3.73. The Morgan fingerprint density at radius 2 is 2.32 bits per heavy atom. The highest BCUT2D eigenvalue weighted by molar-refractivity contribution is 5.77. The lowest BCUT2D eigenvalue weighted by atomic mass is 9.79. The molecule has 1 amide bonds. The van der Waals surface area contributed by atoms with Crippen molar-refractivity contribution in [3.8, 4) is 0 Å². The summed E-state index contributed by atoms with van der Waals surface area (Å²) in [6.07, 6.45) is 6.59. The fraction of sp³-hybridized carbons (Fsp3) is 0.529. The Kier molecular flexibility index (Phi) is 3.18. The zero-order chi connectivity index (χ0) is 15.2. The van der Waals surface area contributed by atoms with E-state index < -0.39 is 0 Å². The Bertz CT molecular complexity index is 716. The maximum atomic E-state index is 12.3. The number of likely N-dealkylation sites (tertiary alicyclic amines) is 1. The highest BCUT2D eigenvalue weighted by Crippen LogP contribution is 2.38. The molecule has 4 heterocycles. The third-order valence-electron chi connectivity index (χ3n) is 5.09. The first-order valence-corrected chi connectivity index (χ1v) is 7.94. The van der Waals surface area contributed by atoms with Crippen LogP contribution in [0.4, 0.5) is 0 Å². The van der Waals surface area contributed by atoms with Gasteiger partial charge < -0.3 is 14.0 Å². The van der Waals surface area contributed by atoms with Gasteiger partial charge in [-0.3, -0.25) is 4.79 Å². The number of nitrogens with zero attached hydrogens (tertiary/aromatic N) is 3. The van der Waals surface area contributed by atoms with Crippen molar-refractivity contribution in [3.05, 3.63) is 35.8 Å². The van der Waals surface area contributed by atoms with Gasteiger partial charge in [0, 0.05) is 31.2 Å². The van der Waals surface area contributed by atoms with E-state index in [1.807, 2.05) is 23.4 Å². The van der Waals surface area contributed by atoms with E-state index in [1.165, 1.54) is 0 Å². The Labute approximate surface area is 129 Å². The molecule has 4 rings (SSSR count). The predicted molar refractivity (Wildman–Crippen MR) is 82.4 cm³/mol.